The van der Waals surface area contributed by atoms with E-state index in [1.54, 1.807) is 11.3 Å². The summed E-state index contributed by atoms with van der Waals surface area (Å²) in [6.45, 7) is 4.17. The maximum absolute atomic E-state index is 3.04. The van der Waals surface area contributed by atoms with Gasteiger partial charge in [-0.2, -0.15) is 0 Å². The summed E-state index contributed by atoms with van der Waals surface area (Å²) in [6, 6.07) is 1.99. The molecule has 0 atom stereocenters. The molecule has 0 bridgehead atoms. The molecular formula is C10H11S. The topological polar surface area (TPSA) is 0 Å². The monoisotopic (exact) mass is 163 g/mol. The van der Waals surface area contributed by atoms with E-state index in [0.717, 1.165) is 0 Å². The molecule has 0 fully saturated rings. The largest absolute Gasteiger partial charge is 0.142 e. The van der Waals surface area contributed by atoms with Crippen LogP contribution in [-0.2, 0) is 0 Å². The van der Waals surface area contributed by atoms with Gasteiger partial charge in [-0.25, -0.2) is 0 Å². The summed E-state index contributed by atoms with van der Waals surface area (Å²) >= 11 is 1.60. The second-order valence-corrected chi connectivity index (χ2v) is 3.31. The summed E-state index contributed by atoms with van der Waals surface area (Å²) in [7, 11) is 0. The normalized spacial score (nSPS) is 10.4. The van der Waals surface area contributed by atoms with Gasteiger partial charge in [0.1, 0.15) is 0 Å². The Hall–Kier alpha value is -0.820. The second-order valence-electron chi connectivity index (χ2n) is 2.60. The van der Waals surface area contributed by atoms with E-state index in [4.69, 9.17) is 0 Å². The average Bonchev–Trinajstić information content (AvgIpc) is 2.39. The molecule has 1 aromatic heterocycles. The fraction of sp³-hybridized carbons (Fsp3) is 0.200. The smallest absolute Gasteiger partial charge is 0.0448 e. The third-order valence-corrected chi connectivity index (χ3v) is 1.85. The molecule has 1 aromatic rings. The zero-order valence-corrected chi connectivity index (χ0v) is 7.61. The molecule has 1 rings (SSSR count). The zero-order valence-electron chi connectivity index (χ0n) is 6.79. The fourth-order valence-electron chi connectivity index (χ4n) is 0.677. The van der Waals surface area contributed by atoms with E-state index in [1.807, 2.05) is 6.07 Å². The van der Waals surface area contributed by atoms with Crippen LogP contribution >= 0.6 is 11.3 Å². The van der Waals surface area contributed by atoms with Gasteiger partial charge in [-0.3, -0.25) is 0 Å². The van der Waals surface area contributed by atoms with Crippen LogP contribution < -0.4 is 0 Å². The van der Waals surface area contributed by atoms with Gasteiger partial charge in [0, 0.05) is 5.38 Å². The van der Waals surface area contributed by atoms with Gasteiger partial charge < -0.3 is 0 Å². The molecule has 1 heterocycles. The van der Waals surface area contributed by atoms with Crippen molar-refractivity contribution in [2.45, 2.75) is 13.8 Å². The quantitative estimate of drug-likeness (QED) is 0.585. The highest BCUT2D eigenvalue weighted by Gasteiger charge is 1.82. The molecular weight excluding hydrogens is 152 g/mol. The van der Waals surface area contributed by atoms with Crippen LogP contribution in [0.3, 0.4) is 0 Å². The Kier molecular flexibility index (Phi) is 3.12. The van der Waals surface area contributed by atoms with Crippen molar-refractivity contribution in [1.82, 2.24) is 0 Å². The molecule has 0 N–H and O–H groups in total. The minimum atomic E-state index is 1.23. The van der Waals surface area contributed by atoms with Crippen LogP contribution in [0.15, 0.2) is 29.2 Å². The summed E-state index contributed by atoms with van der Waals surface area (Å²) in [6.07, 6.45) is 6.24. The lowest BCUT2D eigenvalue weighted by Crippen LogP contribution is -1.60. The lowest BCUT2D eigenvalue weighted by atomic mass is 10.2. The molecule has 11 heavy (non-hydrogen) atoms. The SMILES string of the molecule is CC(C)=CC=Cc1c[c]sc1. The van der Waals surface area contributed by atoms with Gasteiger partial charge in [0.2, 0.25) is 0 Å². The number of thiophene rings is 1. The molecule has 0 saturated heterocycles. The summed E-state index contributed by atoms with van der Waals surface area (Å²) in [5.74, 6) is 0. The van der Waals surface area contributed by atoms with Crippen molar-refractivity contribution in [2.24, 2.45) is 0 Å². The van der Waals surface area contributed by atoms with Crippen molar-refractivity contribution in [1.29, 1.82) is 0 Å². The Labute approximate surface area is 71.9 Å². The molecule has 0 nitrogen and oxygen atoms in total. The summed E-state index contributed by atoms with van der Waals surface area (Å²) in [4.78, 5) is 0. The van der Waals surface area contributed by atoms with Gasteiger partial charge in [0.25, 0.3) is 0 Å². The number of hydrogen-bond donors (Lipinski definition) is 0. The Morgan fingerprint density at radius 3 is 2.91 bits per heavy atom. The first-order valence-electron chi connectivity index (χ1n) is 3.55. The first-order chi connectivity index (χ1) is 5.29. The Morgan fingerprint density at radius 1 is 1.55 bits per heavy atom. The molecule has 0 aliphatic heterocycles. The van der Waals surface area contributed by atoms with Gasteiger partial charge in [-0.15, -0.1) is 11.3 Å². The molecule has 0 saturated carbocycles. The van der Waals surface area contributed by atoms with Gasteiger partial charge in [0.05, 0.1) is 0 Å². The predicted molar refractivity (Wildman–Crippen MR) is 51.6 cm³/mol. The molecule has 0 unspecified atom stereocenters. The van der Waals surface area contributed by atoms with Gasteiger partial charge in [-0.05, 0) is 30.9 Å². The van der Waals surface area contributed by atoms with E-state index in [-0.39, 0.29) is 0 Å². The van der Waals surface area contributed by atoms with Gasteiger partial charge in [0.15, 0.2) is 0 Å². The first-order valence-corrected chi connectivity index (χ1v) is 4.43. The molecule has 0 amide bonds. The highest BCUT2D eigenvalue weighted by atomic mass is 32.1. The van der Waals surface area contributed by atoms with Gasteiger partial charge >= 0.3 is 0 Å². The lowest BCUT2D eigenvalue weighted by molar-refractivity contribution is 1.40. The van der Waals surface area contributed by atoms with Crippen LogP contribution in [0.2, 0.25) is 0 Å². The number of rotatable bonds is 2. The Balaban J connectivity index is 2.56. The molecule has 0 aliphatic rings. The number of hydrogen-bond acceptors (Lipinski definition) is 1. The third kappa shape index (κ3) is 3.19. The maximum atomic E-state index is 3.04. The van der Waals surface area contributed by atoms with E-state index in [2.05, 4.69) is 42.8 Å². The van der Waals surface area contributed by atoms with Crippen LogP contribution in [0.1, 0.15) is 19.4 Å². The molecule has 1 heteroatoms. The van der Waals surface area contributed by atoms with Crippen LogP contribution in [0.5, 0.6) is 0 Å². The molecule has 0 aliphatic carbocycles. The highest BCUT2D eigenvalue weighted by molar-refractivity contribution is 7.07. The van der Waals surface area contributed by atoms with Gasteiger partial charge in [-0.1, -0.05) is 23.8 Å². The van der Waals surface area contributed by atoms with Crippen molar-refractivity contribution in [2.75, 3.05) is 0 Å². The zero-order chi connectivity index (χ0) is 8.10. The highest BCUT2D eigenvalue weighted by Crippen LogP contribution is 2.06. The third-order valence-electron chi connectivity index (χ3n) is 1.21. The predicted octanol–water partition coefficient (Wildman–Crippen LogP) is 3.53. The van der Waals surface area contributed by atoms with Crippen molar-refractivity contribution < 1.29 is 0 Å². The maximum Gasteiger partial charge on any atom is 0.0448 e. The van der Waals surface area contributed by atoms with Crippen molar-refractivity contribution >= 4 is 17.4 Å². The summed E-state index contributed by atoms with van der Waals surface area (Å²) in [5, 5.41) is 5.12. The molecule has 0 spiro atoms. The van der Waals surface area contributed by atoms with Crippen LogP contribution in [0.4, 0.5) is 0 Å². The summed E-state index contributed by atoms with van der Waals surface area (Å²) in [5.41, 5.74) is 2.55. The minimum Gasteiger partial charge on any atom is -0.142 e. The van der Waals surface area contributed by atoms with Crippen LogP contribution in [0, 0.1) is 5.38 Å². The Bertz CT molecular complexity index is 248. The van der Waals surface area contributed by atoms with E-state index >= 15 is 0 Å². The molecule has 1 radical (unpaired) electrons. The van der Waals surface area contributed by atoms with E-state index < -0.39 is 0 Å². The average molecular weight is 163 g/mol. The fourth-order valence-corrected chi connectivity index (χ4v) is 1.23. The van der Waals surface area contributed by atoms with E-state index in [9.17, 15) is 0 Å². The standard InChI is InChI=1S/C10H11S/c1-9(2)4-3-5-10-6-7-11-8-10/h3-6,8H,1-2H3. The van der Waals surface area contributed by atoms with Crippen LogP contribution in [0.25, 0.3) is 6.08 Å². The first kappa shape index (κ1) is 8.28. The van der Waals surface area contributed by atoms with Crippen molar-refractivity contribution in [3.63, 3.8) is 0 Å². The summed E-state index contributed by atoms with van der Waals surface area (Å²) < 4.78 is 0. The molecule has 0 aromatic carbocycles. The Morgan fingerprint density at radius 2 is 2.36 bits per heavy atom. The lowest BCUT2D eigenvalue weighted by Gasteiger charge is -1.82. The number of allylic oxidation sites excluding steroid dienone is 3. The van der Waals surface area contributed by atoms with Crippen molar-refractivity contribution in [3.05, 3.63) is 40.1 Å². The second kappa shape index (κ2) is 4.14. The van der Waals surface area contributed by atoms with Crippen LogP contribution in [-0.4, -0.2) is 0 Å². The molecule has 57 valence electrons. The van der Waals surface area contributed by atoms with E-state index in [1.165, 1.54) is 11.1 Å². The van der Waals surface area contributed by atoms with E-state index in [0.29, 0.717) is 0 Å². The minimum absolute atomic E-state index is 1.23. The van der Waals surface area contributed by atoms with Crippen molar-refractivity contribution in [3.8, 4) is 0 Å².